The number of carbonyl (C=O) groups is 2. The van der Waals surface area contributed by atoms with Crippen LogP contribution in [0.1, 0.15) is 15.5 Å². The SMILES string of the molecule is COCc1nc(C(=O)NCC(=O)O)cs1. The summed E-state index contributed by atoms with van der Waals surface area (Å²) in [5, 5.41) is 12.8. The molecule has 0 aliphatic carbocycles. The number of methoxy groups -OCH3 is 1. The summed E-state index contributed by atoms with van der Waals surface area (Å²) in [5.41, 5.74) is 0.216. The van der Waals surface area contributed by atoms with Gasteiger partial charge in [-0.05, 0) is 0 Å². The zero-order valence-corrected chi connectivity index (χ0v) is 8.84. The molecule has 0 saturated heterocycles. The Balaban J connectivity index is 2.54. The molecule has 0 aliphatic rings. The maximum absolute atomic E-state index is 11.3. The third-order valence-corrected chi connectivity index (χ3v) is 2.27. The van der Waals surface area contributed by atoms with Crippen LogP contribution in [0.5, 0.6) is 0 Å². The Hall–Kier alpha value is -1.47. The molecule has 0 fully saturated rings. The highest BCUT2D eigenvalue weighted by atomic mass is 32.1. The van der Waals surface area contributed by atoms with Crippen LogP contribution in [-0.4, -0.2) is 35.6 Å². The number of rotatable bonds is 5. The number of aliphatic carboxylic acids is 1. The van der Waals surface area contributed by atoms with E-state index in [1.54, 1.807) is 5.38 Å². The van der Waals surface area contributed by atoms with E-state index in [9.17, 15) is 9.59 Å². The second-order valence-electron chi connectivity index (χ2n) is 2.64. The zero-order chi connectivity index (χ0) is 11.3. The predicted molar refractivity (Wildman–Crippen MR) is 52.8 cm³/mol. The summed E-state index contributed by atoms with van der Waals surface area (Å²) in [7, 11) is 1.53. The van der Waals surface area contributed by atoms with E-state index in [1.165, 1.54) is 18.4 Å². The van der Waals surface area contributed by atoms with Crippen LogP contribution in [0.3, 0.4) is 0 Å². The summed E-state index contributed by atoms with van der Waals surface area (Å²) in [5.74, 6) is -1.58. The lowest BCUT2D eigenvalue weighted by atomic mass is 10.4. The molecule has 1 aromatic rings. The average Bonchev–Trinajstić information content (AvgIpc) is 2.63. The number of aromatic nitrogens is 1. The van der Waals surface area contributed by atoms with Gasteiger partial charge in [-0.1, -0.05) is 0 Å². The van der Waals surface area contributed by atoms with Gasteiger partial charge in [0, 0.05) is 12.5 Å². The Kier molecular flexibility index (Phi) is 4.19. The Labute approximate surface area is 89.9 Å². The first-order valence-electron chi connectivity index (χ1n) is 4.07. The van der Waals surface area contributed by atoms with Crippen molar-refractivity contribution in [2.24, 2.45) is 0 Å². The zero-order valence-electron chi connectivity index (χ0n) is 8.02. The Morgan fingerprint density at radius 1 is 1.67 bits per heavy atom. The topological polar surface area (TPSA) is 88.5 Å². The van der Waals surface area contributed by atoms with Gasteiger partial charge in [-0.15, -0.1) is 11.3 Å². The Morgan fingerprint density at radius 3 is 3.00 bits per heavy atom. The molecule has 0 radical (unpaired) electrons. The van der Waals surface area contributed by atoms with Crippen LogP contribution < -0.4 is 5.32 Å². The molecule has 1 amide bonds. The molecule has 0 saturated carbocycles. The molecule has 1 heterocycles. The fraction of sp³-hybridized carbons (Fsp3) is 0.375. The molecule has 1 aromatic heterocycles. The van der Waals surface area contributed by atoms with E-state index in [0.29, 0.717) is 11.6 Å². The van der Waals surface area contributed by atoms with E-state index >= 15 is 0 Å². The Bertz CT molecular complexity index is 363. The summed E-state index contributed by atoms with van der Waals surface area (Å²) in [4.78, 5) is 25.5. The van der Waals surface area contributed by atoms with E-state index in [-0.39, 0.29) is 5.69 Å². The first kappa shape index (κ1) is 11.6. The lowest BCUT2D eigenvalue weighted by Gasteiger charge is -1.97. The van der Waals surface area contributed by atoms with Crippen molar-refractivity contribution >= 4 is 23.2 Å². The highest BCUT2D eigenvalue weighted by Gasteiger charge is 2.11. The standard InChI is InChI=1S/C8H10N2O4S/c1-14-3-6-10-5(4-15-6)8(13)9-2-7(11)12/h4H,2-3H2,1H3,(H,9,13)(H,11,12). The number of thiazole rings is 1. The smallest absolute Gasteiger partial charge is 0.322 e. The minimum absolute atomic E-state index is 0.216. The maximum Gasteiger partial charge on any atom is 0.322 e. The summed E-state index contributed by atoms with van der Waals surface area (Å²) in [6.07, 6.45) is 0. The summed E-state index contributed by atoms with van der Waals surface area (Å²) < 4.78 is 4.84. The van der Waals surface area contributed by atoms with Crippen LogP contribution in [-0.2, 0) is 16.1 Å². The third kappa shape index (κ3) is 3.64. The quantitative estimate of drug-likeness (QED) is 0.749. The van der Waals surface area contributed by atoms with Crippen LogP contribution >= 0.6 is 11.3 Å². The van der Waals surface area contributed by atoms with Gasteiger partial charge in [-0.3, -0.25) is 9.59 Å². The van der Waals surface area contributed by atoms with Crippen LogP contribution in [0, 0.1) is 0 Å². The van der Waals surface area contributed by atoms with Crippen molar-refractivity contribution in [1.29, 1.82) is 0 Å². The lowest BCUT2D eigenvalue weighted by molar-refractivity contribution is -0.135. The maximum atomic E-state index is 11.3. The van der Waals surface area contributed by atoms with Crippen molar-refractivity contribution in [3.05, 3.63) is 16.1 Å². The third-order valence-electron chi connectivity index (χ3n) is 1.45. The van der Waals surface area contributed by atoms with Crippen molar-refractivity contribution in [2.75, 3.05) is 13.7 Å². The second-order valence-corrected chi connectivity index (χ2v) is 3.58. The molecule has 0 bridgehead atoms. The highest BCUT2D eigenvalue weighted by molar-refractivity contribution is 7.09. The molecule has 0 aromatic carbocycles. The van der Waals surface area contributed by atoms with Crippen LogP contribution in [0.4, 0.5) is 0 Å². The fourth-order valence-electron chi connectivity index (χ4n) is 0.851. The van der Waals surface area contributed by atoms with E-state index in [0.717, 1.165) is 0 Å². The van der Waals surface area contributed by atoms with Gasteiger partial charge in [0.15, 0.2) is 0 Å². The molecule has 0 spiro atoms. The lowest BCUT2D eigenvalue weighted by Crippen LogP contribution is -2.29. The Morgan fingerprint density at radius 2 is 2.40 bits per heavy atom. The molecule has 0 atom stereocenters. The number of hydrogen-bond acceptors (Lipinski definition) is 5. The highest BCUT2D eigenvalue weighted by Crippen LogP contribution is 2.10. The van der Waals surface area contributed by atoms with Gasteiger partial charge in [0.1, 0.15) is 17.2 Å². The number of carbonyl (C=O) groups excluding carboxylic acids is 1. The molecular weight excluding hydrogens is 220 g/mol. The number of amides is 1. The molecule has 2 N–H and O–H groups in total. The minimum Gasteiger partial charge on any atom is -0.480 e. The van der Waals surface area contributed by atoms with Crippen LogP contribution in [0.2, 0.25) is 0 Å². The summed E-state index contributed by atoms with van der Waals surface area (Å²) in [6.45, 7) is -0.0627. The summed E-state index contributed by atoms with van der Waals surface area (Å²) in [6, 6.07) is 0. The first-order valence-corrected chi connectivity index (χ1v) is 4.94. The normalized spacial score (nSPS) is 9.93. The van der Waals surface area contributed by atoms with E-state index < -0.39 is 18.4 Å². The minimum atomic E-state index is -1.09. The van der Waals surface area contributed by atoms with Crippen molar-refractivity contribution in [3.8, 4) is 0 Å². The second kappa shape index (κ2) is 5.42. The van der Waals surface area contributed by atoms with Gasteiger partial charge < -0.3 is 15.2 Å². The molecular formula is C8H10N2O4S. The van der Waals surface area contributed by atoms with E-state index in [1.807, 2.05) is 0 Å². The number of nitrogens with one attached hydrogen (secondary N) is 1. The van der Waals surface area contributed by atoms with Gasteiger partial charge in [-0.25, -0.2) is 4.98 Å². The van der Waals surface area contributed by atoms with Crippen molar-refractivity contribution in [2.45, 2.75) is 6.61 Å². The van der Waals surface area contributed by atoms with Crippen LogP contribution in [0.15, 0.2) is 5.38 Å². The molecule has 0 aliphatic heterocycles. The van der Waals surface area contributed by atoms with Crippen molar-refractivity contribution in [1.82, 2.24) is 10.3 Å². The average molecular weight is 230 g/mol. The van der Waals surface area contributed by atoms with E-state index in [4.69, 9.17) is 9.84 Å². The number of carboxylic acids is 1. The van der Waals surface area contributed by atoms with Gasteiger partial charge in [-0.2, -0.15) is 0 Å². The van der Waals surface area contributed by atoms with Crippen LogP contribution in [0.25, 0.3) is 0 Å². The first-order chi connectivity index (χ1) is 7.13. The number of ether oxygens (including phenoxy) is 1. The molecule has 7 heteroatoms. The van der Waals surface area contributed by atoms with Crippen molar-refractivity contribution < 1.29 is 19.4 Å². The van der Waals surface area contributed by atoms with Gasteiger partial charge in [0.05, 0.1) is 6.61 Å². The molecule has 82 valence electrons. The molecule has 6 nitrogen and oxygen atoms in total. The van der Waals surface area contributed by atoms with E-state index in [2.05, 4.69) is 10.3 Å². The predicted octanol–water partition coefficient (Wildman–Crippen LogP) is 0.104. The molecule has 15 heavy (non-hydrogen) atoms. The molecule has 1 rings (SSSR count). The monoisotopic (exact) mass is 230 g/mol. The molecule has 0 unspecified atom stereocenters. The van der Waals surface area contributed by atoms with Gasteiger partial charge in [0.2, 0.25) is 0 Å². The van der Waals surface area contributed by atoms with Crippen molar-refractivity contribution in [3.63, 3.8) is 0 Å². The number of carboxylic acid groups (broad SMARTS) is 1. The van der Waals surface area contributed by atoms with Gasteiger partial charge >= 0.3 is 5.97 Å². The fourth-order valence-corrected chi connectivity index (χ4v) is 1.60. The number of hydrogen-bond donors (Lipinski definition) is 2. The number of nitrogens with zero attached hydrogens (tertiary/aromatic N) is 1. The largest absolute Gasteiger partial charge is 0.480 e. The summed E-state index contributed by atoms with van der Waals surface area (Å²) >= 11 is 1.29. The van der Waals surface area contributed by atoms with Gasteiger partial charge in [0.25, 0.3) is 5.91 Å².